The minimum Gasteiger partial charge on any atom is -0.354 e. The Morgan fingerprint density at radius 2 is 1.46 bits per heavy atom. The van der Waals surface area contributed by atoms with Crippen LogP contribution in [0.3, 0.4) is 0 Å². The van der Waals surface area contributed by atoms with E-state index in [2.05, 4.69) is 34.6 Å². The van der Waals surface area contributed by atoms with Crippen molar-refractivity contribution in [2.45, 2.75) is 65.2 Å². The summed E-state index contributed by atoms with van der Waals surface area (Å²) < 4.78 is 11.4. The van der Waals surface area contributed by atoms with Gasteiger partial charge < -0.3 is 9.47 Å². The molecule has 0 aromatic carbocycles. The van der Waals surface area contributed by atoms with Gasteiger partial charge in [0, 0.05) is 0 Å². The van der Waals surface area contributed by atoms with Crippen LogP contribution in [0.2, 0.25) is 6.04 Å². The standard InChI is InChI=1S/C10H24O2Si/c1-6-7-13-10(11-8(2)3)12-9(4)5/h8-10H,6-7,13H2,1-5H3. The Labute approximate surface area is 84.8 Å². The monoisotopic (exact) mass is 204 g/mol. The Kier molecular flexibility index (Phi) is 7.61. The molecule has 0 spiro atoms. The molecule has 13 heavy (non-hydrogen) atoms. The fourth-order valence-electron chi connectivity index (χ4n) is 1.15. The molecule has 0 atom stereocenters. The predicted octanol–water partition coefficient (Wildman–Crippen LogP) is 2.12. The van der Waals surface area contributed by atoms with Gasteiger partial charge >= 0.3 is 0 Å². The molecule has 0 N–H and O–H groups in total. The molecule has 80 valence electrons. The van der Waals surface area contributed by atoms with E-state index in [1.165, 1.54) is 12.5 Å². The van der Waals surface area contributed by atoms with E-state index in [1.807, 2.05) is 0 Å². The summed E-state index contributed by atoms with van der Waals surface area (Å²) in [6.45, 7) is 10.5. The fraction of sp³-hybridized carbons (Fsp3) is 1.00. The minimum atomic E-state index is -0.205. The first-order valence-corrected chi connectivity index (χ1v) is 7.18. The van der Waals surface area contributed by atoms with Crippen molar-refractivity contribution < 1.29 is 9.47 Å². The van der Waals surface area contributed by atoms with Crippen molar-refractivity contribution in [3.8, 4) is 0 Å². The van der Waals surface area contributed by atoms with Gasteiger partial charge in [0.1, 0.15) is 5.91 Å². The molecule has 0 aromatic rings. The lowest BCUT2D eigenvalue weighted by Gasteiger charge is -2.22. The van der Waals surface area contributed by atoms with Gasteiger partial charge in [0.2, 0.25) is 0 Å². The molecule has 0 saturated carbocycles. The topological polar surface area (TPSA) is 18.5 Å². The van der Waals surface area contributed by atoms with Gasteiger partial charge in [0.05, 0.1) is 21.7 Å². The van der Waals surface area contributed by atoms with Crippen LogP contribution in [0, 0.1) is 0 Å². The lowest BCUT2D eigenvalue weighted by atomic mass is 10.5. The van der Waals surface area contributed by atoms with Crippen LogP contribution in [0.4, 0.5) is 0 Å². The first-order chi connectivity index (χ1) is 6.06. The maximum atomic E-state index is 5.70. The molecule has 3 heteroatoms. The second-order valence-electron chi connectivity index (χ2n) is 3.94. The van der Waals surface area contributed by atoms with E-state index in [0.717, 1.165) is 0 Å². The number of rotatable bonds is 7. The van der Waals surface area contributed by atoms with Crippen molar-refractivity contribution in [2.75, 3.05) is 0 Å². The number of ether oxygens (including phenoxy) is 2. The molecular weight excluding hydrogens is 180 g/mol. The molecule has 0 unspecified atom stereocenters. The molecule has 0 rings (SSSR count). The van der Waals surface area contributed by atoms with Crippen molar-refractivity contribution >= 4 is 9.52 Å². The summed E-state index contributed by atoms with van der Waals surface area (Å²) in [5.74, 6) is 0.125. The molecule has 0 aromatic heterocycles. The zero-order chi connectivity index (χ0) is 10.3. The van der Waals surface area contributed by atoms with Gasteiger partial charge in [0.25, 0.3) is 0 Å². The largest absolute Gasteiger partial charge is 0.354 e. The van der Waals surface area contributed by atoms with Gasteiger partial charge in [-0.05, 0) is 27.7 Å². The van der Waals surface area contributed by atoms with Gasteiger partial charge in [-0.2, -0.15) is 0 Å². The fourth-order valence-corrected chi connectivity index (χ4v) is 2.93. The van der Waals surface area contributed by atoms with Crippen LogP contribution < -0.4 is 0 Å². The van der Waals surface area contributed by atoms with E-state index in [1.54, 1.807) is 0 Å². The van der Waals surface area contributed by atoms with E-state index in [0.29, 0.717) is 0 Å². The van der Waals surface area contributed by atoms with E-state index in [4.69, 9.17) is 9.47 Å². The van der Waals surface area contributed by atoms with E-state index >= 15 is 0 Å². The van der Waals surface area contributed by atoms with Crippen LogP contribution in [-0.2, 0) is 9.47 Å². The summed E-state index contributed by atoms with van der Waals surface area (Å²) in [5, 5.41) is 0. The van der Waals surface area contributed by atoms with Crippen LogP contribution in [0.1, 0.15) is 41.0 Å². The number of hydrogen-bond acceptors (Lipinski definition) is 2. The Morgan fingerprint density at radius 3 is 1.77 bits per heavy atom. The second kappa shape index (κ2) is 7.53. The van der Waals surface area contributed by atoms with Crippen LogP contribution in [-0.4, -0.2) is 27.6 Å². The Bertz CT molecular complexity index is 105. The van der Waals surface area contributed by atoms with Crippen LogP contribution in [0.5, 0.6) is 0 Å². The predicted molar refractivity (Wildman–Crippen MR) is 59.9 cm³/mol. The molecule has 0 amide bonds. The maximum Gasteiger partial charge on any atom is 0.135 e. The Balaban J connectivity index is 3.73. The molecule has 0 aliphatic carbocycles. The SMILES string of the molecule is CCC[SiH2]C(OC(C)C)OC(C)C. The quantitative estimate of drug-likeness (QED) is 0.467. The smallest absolute Gasteiger partial charge is 0.135 e. The van der Waals surface area contributed by atoms with E-state index in [9.17, 15) is 0 Å². The zero-order valence-electron chi connectivity index (χ0n) is 9.67. The van der Waals surface area contributed by atoms with Crippen molar-refractivity contribution in [2.24, 2.45) is 0 Å². The molecule has 0 saturated heterocycles. The highest BCUT2D eigenvalue weighted by atomic mass is 28.2. The van der Waals surface area contributed by atoms with Crippen molar-refractivity contribution in [1.29, 1.82) is 0 Å². The zero-order valence-corrected chi connectivity index (χ0v) is 11.1. The van der Waals surface area contributed by atoms with Gasteiger partial charge in [-0.3, -0.25) is 0 Å². The molecule has 0 bridgehead atoms. The molecule has 0 fully saturated rings. The third-order valence-electron chi connectivity index (χ3n) is 1.64. The Hall–Kier alpha value is 0.137. The average molecular weight is 204 g/mol. The summed E-state index contributed by atoms with van der Waals surface area (Å²) in [6, 6.07) is 1.31. The van der Waals surface area contributed by atoms with Crippen LogP contribution in [0.15, 0.2) is 0 Å². The van der Waals surface area contributed by atoms with E-state index in [-0.39, 0.29) is 27.6 Å². The third-order valence-corrected chi connectivity index (χ3v) is 3.61. The highest BCUT2D eigenvalue weighted by molar-refractivity contribution is 6.36. The summed E-state index contributed by atoms with van der Waals surface area (Å²) >= 11 is 0. The summed E-state index contributed by atoms with van der Waals surface area (Å²) in [5.41, 5.74) is 0. The Morgan fingerprint density at radius 1 is 1.00 bits per heavy atom. The average Bonchev–Trinajstić information content (AvgIpc) is 1.98. The van der Waals surface area contributed by atoms with Gasteiger partial charge in [-0.1, -0.05) is 19.4 Å². The normalized spacial score (nSPS) is 12.9. The third kappa shape index (κ3) is 8.47. The lowest BCUT2D eigenvalue weighted by Crippen LogP contribution is -2.30. The molecule has 0 aliphatic heterocycles. The summed E-state index contributed by atoms with van der Waals surface area (Å²) in [4.78, 5) is 0. The first-order valence-electron chi connectivity index (χ1n) is 5.37. The first kappa shape index (κ1) is 13.1. The minimum absolute atomic E-state index is 0.125. The lowest BCUT2D eigenvalue weighted by molar-refractivity contribution is -0.134. The van der Waals surface area contributed by atoms with Gasteiger partial charge in [0.15, 0.2) is 0 Å². The van der Waals surface area contributed by atoms with Crippen LogP contribution in [0.25, 0.3) is 0 Å². The molecule has 2 nitrogen and oxygen atoms in total. The summed E-state index contributed by atoms with van der Waals surface area (Å²) in [7, 11) is -0.205. The molecule has 0 radical (unpaired) electrons. The number of hydrogen-bond donors (Lipinski definition) is 0. The van der Waals surface area contributed by atoms with Gasteiger partial charge in [-0.25, -0.2) is 0 Å². The molecule has 0 aliphatic rings. The van der Waals surface area contributed by atoms with Crippen molar-refractivity contribution in [3.63, 3.8) is 0 Å². The second-order valence-corrected chi connectivity index (χ2v) is 5.89. The van der Waals surface area contributed by atoms with Crippen LogP contribution >= 0.6 is 0 Å². The maximum absolute atomic E-state index is 5.70. The van der Waals surface area contributed by atoms with E-state index < -0.39 is 0 Å². The molecule has 0 heterocycles. The summed E-state index contributed by atoms with van der Waals surface area (Å²) in [6.07, 6.45) is 1.83. The van der Waals surface area contributed by atoms with Crippen molar-refractivity contribution in [3.05, 3.63) is 0 Å². The van der Waals surface area contributed by atoms with Crippen molar-refractivity contribution in [1.82, 2.24) is 0 Å². The highest BCUT2D eigenvalue weighted by Crippen LogP contribution is 2.05. The van der Waals surface area contributed by atoms with Gasteiger partial charge in [-0.15, -0.1) is 0 Å². The molecular formula is C10H24O2Si. The highest BCUT2D eigenvalue weighted by Gasteiger charge is 2.12.